The molecule has 0 saturated carbocycles. The van der Waals surface area contributed by atoms with Gasteiger partial charge in [0.15, 0.2) is 0 Å². The molecule has 3 aromatic rings. The highest BCUT2D eigenvalue weighted by molar-refractivity contribution is 7.14. The van der Waals surface area contributed by atoms with Crippen LogP contribution in [0.1, 0.15) is 5.56 Å². The van der Waals surface area contributed by atoms with Gasteiger partial charge in [0.2, 0.25) is 5.91 Å². The van der Waals surface area contributed by atoms with Gasteiger partial charge in [0.25, 0.3) is 0 Å². The second-order valence-corrected chi connectivity index (χ2v) is 5.67. The van der Waals surface area contributed by atoms with Crippen LogP contribution in [-0.2, 0) is 11.2 Å². The lowest BCUT2D eigenvalue weighted by Crippen LogP contribution is -2.14. The van der Waals surface area contributed by atoms with Gasteiger partial charge in [-0.2, -0.15) is 0 Å². The van der Waals surface area contributed by atoms with E-state index in [9.17, 15) is 13.6 Å². The van der Waals surface area contributed by atoms with E-state index in [1.807, 2.05) is 0 Å². The van der Waals surface area contributed by atoms with E-state index in [0.29, 0.717) is 5.69 Å². The van der Waals surface area contributed by atoms with Crippen molar-refractivity contribution in [3.05, 3.63) is 65.4 Å². The summed E-state index contributed by atoms with van der Waals surface area (Å²) in [5.74, 6) is -1.77. The zero-order chi connectivity index (χ0) is 16.2. The number of halogens is 2. The van der Waals surface area contributed by atoms with Gasteiger partial charge in [0.05, 0.1) is 22.7 Å². The standard InChI is InChI=1S/C16H11F2N3OS/c17-11-2-1-10(13(18)6-11)5-16(22)21-12-7-15(23-8-12)14-3-4-19-9-20-14/h1-4,6-9H,5H2,(H,21,22). The summed E-state index contributed by atoms with van der Waals surface area (Å²) in [6.45, 7) is 0. The number of thiophene rings is 1. The fourth-order valence-corrected chi connectivity index (χ4v) is 2.83. The summed E-state index contributed by atoms with van der Waals surface area (Å²) in [6, 6.07) is 6.71. The van der Waals surface area contributed by atoms with Gasteiger partial charge < -0.3 is 5.32 Å². The first-order chi connectivity index (χ1) is 11.1. The Balaban J connectivity index is 1.68. The quantitative estimate of drug-likeness (QED) is 0.794. The summed E-state index contributed by atoms with van der Waals surface area (Å²) in [6.07, 6.45) is 2.92. The van der Waals surface area contributed by atoms with Gasteiger partial charge in [0.1, 0.15) is 18.0 Å². The molecule has 0 bridgehead atoms. The molecule has 0 aliphatic heterocycles. The van der Waals surface area contributed by atoms with Crippen molar-refractivity contribution in [2.45, 2.75) is 6.42 Å². The summed E-state index contributed by atoms with van der Waals surface area (Å²) in [4.78, 5) is 20.8. The molecule has 0 radical (unpaired) electrons. The number of nitrogens with zero attached hydrogens (tertiary/aromatic N) is 2. The third kappa shape index (κ3) is 3.75. The van der Waals surface area contributed by atoms with Gasteiger partial charge in [-0.1, -0.05) is 6.07 Å². The molecule has 1 aromatic carbocycles. The average molecular weight is 331 g/mol. The number of carbonyl (C=O) groups is 1. The first kappa shape index (κ1) is 15.2. The van der Waals surface area contributed by atoms with Crippen LogP contribution in [0.4, 0.5) is 14.5 Å². The van der Waals surface area contributed by atoms with E-state index in [1.54, 1.807) is 23.7 Å². The van der Waals surface area contributed by atoms with Gasteiger partial charge in [-0.25, -0.2) is 18.7 Å². The Morgan fingerprint density at radius 3 is 2.83 bits per heavy atom. The lowest BCUT2D eigenvalue weighted by atomic mass is 10.1. The number of hydrogen-bond acceptors (Lipinski definition) is 4. The smallest absolute Gasteiger partial charge is 0.228 e. The topological polar surface area (TPSA) is 54.9 Å². The molecule has 4 nitrogen and oxygen atoms in total. The molecule has 7 heteroatoms. The number of carbonyl (C=O) groups excluding carboxylic acids is 1. The molecule has 0 spiro atoms. The minimum Gasteiger partial charge on any atom is -0.325 e. The van der Waals surface area contributed by atoms with Gasteiger partial charge in [-0.3, -0.25) is 4.79 Å². The fourth-order valence-electron chi connectivity index (χ4n) is 2.02. The first-order valence-corrected chi connectivity index (χ1v) is 7.58. The fraction of sp³-hybridized carbons (Fsp3) is 0.0625. The molecular formula is C16H11F2N3OS. The number of anilines is 1. The number of amides is 1. The average Bonchev–Trinajstić information content (AvgIpc) is 2.99. The second-order valence-electron chi connectivity index (χ2n) is 4.75. The largest absolute Gasteiger partial charge is 0.325 e. The van der Waals surface area contributed by atoms with E-state index in [4.69, 9.17) is 0 Å². The summed E-state index contributed by atoms with van der Waals surface area (Å²) in [5, 5.41) is 4.46. The molecule has 0 aliphatic carbocycles. The van der Waals surface area contributed by atoms with E-state index in [0.717, 1.165) is 22.7 Å². The predicted molar refractivity (Wildman–Crippen MR) is 84.0 cm³/mol. The van der Waals surface area contributed by atoms with Gasteiger partial charge in [0, 0.05) is 17.6 Å². The lowest BCUT2D eigenvalue weighted by Gasteiger charge is -2.04. The number of benzene rings is 1. The number of nitrogens with one attached hydrogen (secondary N) is 1. The Hall–Kier alpha value is -2.67. The van der Waals surface area contributed by atoms with Crippen molar-refractivity contribution < 1.29 is 13.6 Å². The van der Waals surface area contributed by atoms with Crippen molar-refractivity contribution in [1.82, 2.24) is 9.97 Å². The highest BCUT2D eigenvalue weighted by Crippen LogP contribution is 2.28. The van der Waals surface area contributed by atoms with Crippen LogP contribution in [0.5, 0.6) is 0 Å². The third-order valence-electron chi connectivity index (χ3n) is 3.08. The van der Waals surface area contributed by atoms with Crippen LogP contribution >= 0.6 is 11.3 Å². The van der Waals surface area contributed by atoms with Crippen molar-refractivity contribution in [2.24, 2.45) is 0 Å². The zero-order valence-electron chi connectivity index (χ0n) is 11.8. The van der Waals surface area contributed by atoms with Gasteiger partial charge >= 0.3 is 0 Å². The summed E-state index contributed by atoms with van der Waals surface area (Å²) in [5.41, 5.74) is 1.52. The maximum absolute atomic E-state index is 13.5. The molecule has 116 valence electrons. The van der Waals surface area contributed by atoms with Crippen molar-refractivity contribution in [2.75, 3.05) is 5.32 Å². The molecule has 0 saturated heterocycles. The van der Waals surface area contributed by atoms with Crippen LogP contribution in [0.15, 0.2) is 48.2 Å². The van der Waals surface area contributed by atoms with Crippen LogP contribution < -0.4 is 5.32 Å². The van der Waals surface area contributed by atoms with Crippen molar-refractivity contribution in [3.63, 3.8) is 0 Å². The number of hydrogen-bond donors (Lipinski definition) is 1. The van der Waals surface area contributed by atoms with Crippen LogP contribution in [0.2, 0.25) is 0 Å². The molecule has 0 unspecified atom stereocenters. The summed E-state index contributed by atoms with van der Waals surface area (Å²) < 4.78 is 26.4. The van der Waals surface area contributed by atoms with Crippen LogP contribution in [-0.4, -0.2) is 15.9 Å². The van der Waals surface area contributed by atoms with Crippen molar-refractivity contribution >= 4 is 22.9 Å². The predicted octanol–water partition coefficient (Wildman–Crippen LogP) is 3.66. The van der Waals surface area contributed by atoms with E-state index in [-0.39, 0.29) is 17.9 Å². The molecular weight excluding hydrogens is 320 g/mol. The van der Waals surface area contributed by atoms with Gasteiger partial charge in [-0.15, -0.1) is 11.3 Å². The molecule has 2 heterocycles. The van der Waals surface area contributed by atoms with Crippen LogP contribution in [0, 0.1) is 11.6 Å². The first-order valence-electron chi connectivity index (χ1n) is 6.70. The molecule has 1 amide bonds. The Labute approximate surface area is 134 Å². The maximum Gasteiger partial charge on any atom is 0.228 e. The maximum atomic E-state index is 13.5. The minimum absolute atomic E-state index is 0.148. The lowest BCUT2D eigenvalue weighted by molar-refractivity contribution is -0.115. The van der Waals surface area contributed by atoms with Crippen LogP contribution in [0.25, 0.3) is 10.6 Å². The molecule has 0 aliphatic rings. The zero-order valence-corrected chi connectivity index (χ0v) is 12.6. The third-order valence-corrected chi connectivity index (χ3v) is 4.04. The highest BCUT2D eigenvalue weighted by Gasteiger charge is 2.11. The molecule has 3 rings (SSSR count). The number of rotatable bonds is 4. The van der Waals surface area contributed by atoms with E-state index >= 15 is 0 Å². The number of aromatic nitrogens is 2. The molecule has 23 heavy (non-hydrogen) atoms. The summed E-state index contributed by atoms with van der Waals surface area (Å²) in [7, 11) is 0. The van der Waals surface area contributed by atoms with Gasteiger partial charge in [-0.05, 0) is 23.8 Å². The Morgan fingerprint density at radius 2 is 2.09 bits per heavy atom. The van der Waals surface area contributed by atoms with E-state index in [1.165, 1.54) is 23.7 Å². The Bertz CT molecular complexity index is 836. The SMILES string of the molecule is O=C(Cc1ccc(F)cc1F)Nc1csc(-c2ccncn2)c1. The van der Waals surface area contributed by atoms with E-state index < -0.39 is 11.6 Å². The van der Waals surface area contributed by atoms with Crippen LogP contribution in [0.3, 0.4) is 0 Å². The monoisotopic (exact) mass is 331 g/mol. The Kier molecular flexibility index (Phi) is 4.38. The molecule has 2 aromatic heterocycles. The summed E-state index contributed by atoms with van der Waals surface area (Å²) >= 11 is 1.43. The van der Waals surface area contributed by atoms with E-state index in [2.05, 4.69) is 15.3 Å². The van der Waals surface area contributed by atoms with Crippen molar-refractivity contribution in [3.8, 4) is 10.6 Å². The second kappa shape index (κ2) is 6.62. The molecule has 0 atom stereocenters. The van der Waals surface area contributed by atoms with Crippen molar-refractivity contribution in [1.29, 1.82) is 0 Å². The highest BCUT2D eigenvalue weighted by atomic mass is 32.1. The Morgan fingerprint density at radius 1 is 1.22 bits per heavy atom. The molecule has 0 fully saturated rings. The normalized spacial score (nSPS) is 10.5. The minimum atomic E-state index is -0.729. The molecule has 1 N–H and O–H groups in total.